The van der Waals surface area contributed by atoms with Crippen LogP contribution in [-0.4, -0.2) is 22.9 Å². The van der Waals surface area contributed by atoms with Crippen molar-refractivity contribution in [3.8, 4) is 11.5 Å². The number of nitrogens with zero attached hydrogens (tertiary/aromatic N) is 2. The number of hydrogen-bond acceptors (Lipinski definition) is 6. The van der Waals surface area contributed by atoms with E-state index in [1.165, 1.54) is 18.2 Å². The first-order chi connectivity index (χ1) is 12.7. The van der Waals surface area contributed by atoms with Gasteiger partial charge in [0.25, 0.3) is 5.91 Å². The van der Waals surface area contributed by atoms with Crippen molar-refractivity contribution in [3.05, 3.63) is 66.0 Å². The second kappa shape index (κ2) is 6.67. The first-order valence-corrected chi connectivity index (χ1v) is 7.75. The van der Waals surface area contributed by atoms with Gasteiger partial charge in [-0.1, -0.05) is 6.07 Å². The monoisotopic (exact) mass is 352 g/mol. The van der Waals surface area contributed by atoms with Crippen molar-refractivity contribution in [1.82, 2.24) is 10.2 Å². The van der Waals surface area contributed by atoms with E-state index in [2.05, 4.69) is 20.8 Å². The van der Waals surface area contributed by atoms with Crippen LogP contribution in [0.4, 0.5) is 21.7 Å². The number of hydrogen-bond donors (Lipinski definition) is 2. The third-order valence-electron chi connectivity index (χ3n) is 3.64. The van der Waals surface area contributed by atoms with Crippen LogP contribution in [0.3, 0.4) is 0 Å². The highest BCUT2D eigenvalue weighted by molar-refractivity contribution is 6.03. The Balaban J connectivity index is 1.43. The van der Waals surface area contributed by atoms with Gasteiger partial charge in [-0.05, 0) is 42.5 Å². The van der Waals surface area contributed by atoms with Crippen LogP contribution in [0.2, 0.25) is 0 Å². The molecule has 3 aromatic rings. The Kier molecular flexibility index (Phi) is 4.06. The summed E-state index contributed by atoms with van der Waals surface area (Å²) in [5.74, 6) is 1.16. The Morgan fingerprint density at radius 3 is 2.58 bits per heavy atom. The Morgan fingerprint density at radius 1 is 0.962 bits per heavy atom. The molecule has 2 N–H and O–H groups in total. The molecule has 8 heteroatoms. The maximum atomic E-state index is 13.2. The number of carbonyl (C=O) groups is 1. The molecule has 1 amide bonds. The fraction of sp³-hybridized carbons (Fsp3) is 0.0556. The summed E-state index contributed by atoms with van der Waals surface area (Å²) in [6.07, 6.45) is 0. The van der Waals surface area contributed by atoms with Gasteiger partial charge in [0.05, 0.1) is 0 Å². The van der Waals surface area contributed by atoms with Gasteiger partial charge in [0, 0.05) is 17.3 Å². The van der Waals surface area contributed by atoms with Crippen LogP contribution in [0.1, 0.15) is 10.4 Å². The van der Waals surface area contributed by atoms with E-state index in [9.17, 15) is 9.18 Å². The van der Waals surface area contributed by atoms with Crippen molar-refractivity contribution in [2.24, 2.45) is 0 Å². The molecule has 130 valence electrons. The van der Waals surface area contributed by atoms with E-state index in [0.717, 1.165) is 11.8 Å². The molecule has 1 aliphatic rings. The minimum atomic E-state index is -0.480. The Morgan fingerprint density at radius 2 is 1.77 bits per heavy atom. The van der Waals surface area contributed by atoms with Crippen LogP contribution >= 0.6 is 0 Å². The summed E-state index contributed by atoms with van der Waals surface area (Å²) in [6, 6.07) is 14.1. The molecule has 0 bridgehead atoms. The number of ether oxygens (including phenoxy) is 2. The summed E-state index contributed by atoms with van der Waals surface area (Å²) in [4.78, 5) is 12.1. The molecule has 7 nitrogen and oxygen atoms in total. The van der Waals surface area contributed by atoms with E-state index in [4.69, 9.17) is 9.47 Å². The normalized spacial score (nSPS) is 11.9. The summed E-state index contributed by atoms with van der Waals surface area (Å²) in [5.41, 5.74) is 0.967. The number of rotatable bonds is 4. The molecular formula is C18H13FN4O3. The topological polar surface area (TPSA) is 85.4 Å². The van der Waals surface area contributed by atoms with E-state index >= 15 is 0 Å². The van der Waals surface area contributed by atoms with Crippen molar-refractivity contribution >= 4 is 23.2 Å². The number of amides is 1. The van der Waals surface area contributed by atoms with Gasteiger partial charge < -0.3 is 20.1 Å². The second-order valence-corrected chi connectivity index (χ2v) is 5.46. The minimum absolute atomic E-state index is 0.203. The quantitative estimate of drug-likeness (QED) is 0.749. The highest BCUT2D eigenvalue weighted by Gasteiger charge is 2.13. The predicted octanol–water partition coefficient (Wildman–Crippen LogP) is 3.34. The predicted molar refractivity (Wildman–Crippen MR) is 92.2 cm³/mol. The second-order valence-electron chi connectivity index (χ2n) is 5.46. The zero-order chi connectivity index (χ0) is 17.9. The summed E-state index contributed by atoms with van der Waals surface area (Å²) in [7, 11) is 0. The van der Waals surface area contributed by atoms with Gasteiger partial charge in [-0.2, -0.15) is 0 Å². The number of carbonyl (C=O) groups excluding carboxylic acids is 1. The van der Waals surface area contributed by atoms with E-state index in [-0.39, 0.29) is 18.2 Å². The summed E-state index contributed by atoms with van der Waals surface area (Å²) >= 11 is 0. The summed E-state index contributed by atoms with van der Waals surface area (Å²) in [5, 5.41) is 13.6. The molecule has 4 rings (SSSR count). The smallest absolute Gasteiger partial charge is 0.256 e. The Hall–Kier alpha value is -3.68. The van der Waals surface area contributed by atoms with Crippen molar-refractivity contribution < 1.29 is 18.7 Å². The van der Waals surface area contributed by atoms with Crippen LogP contribution in [0.15, 0.2) is 54.6 Å². The summed E-state index contributed by atoms with van der Waals surface area (Å²) in [6.45, 7) is 0.207. The number of nitrogens with one attached hydrogen (secondary N) is 2. The molecule has 0 saturated heterocycles. The van der Waals surface area contributed by atoms with Crippen molar-refractivity contribution in [2.45, 2.75) is 0 Å². The molecule has 1 aliphatic heterocycles. The number of halogens is 1. The van der Waals surface area contributed by atoms with Gasteiger partial charge in [0.2, 0.25) is 6.79 Å². The lowest BCUT2D eigenvalue weighted by molar-refractivity contribution is 0.102. The first-order valence-electron chi connectivity index (χ1n) is 7.75. The third kappa shape index (κ3) is 3.39. The van der Waals surface area contributed by atoms with E-state index < -0.39 is 11.7 Å². The molecule has 0 saturated carbocycles. The van der Waals surface area contributed by atoms with Crippen molar-refractivity contribution in [2.75, 3.05) is 17.4 Å². The number of fused-ring (bicyclic) bond motifs is 1. The van der Waals surface area contributed by atoms with Crippen LogP contribution in [0, 0.1) is 5.82 Å². The van der Waals surface area contributed by atoms with Crippen LogP contribution < -0.4 is 20.1 Å². The average Bonchev–Trinajstić information content (AvgIpc) is 3.11. The van der Waals surface area contributed by atoms with Gasteiger partial charge in [-0.15, -0.1) is 10.2 Å². The van der Waals surface area contributed by atoms with Gasteiger partial charge in [-0.3, -0.25) is 4.79 Å². The molecular weight excluding hydrogens is 339 g/mol. The Labute approximate surface area is 147 Å². The maximum absolute atomic E-state index is 13.2. The zero-order valence-corrected chi connectivity index (χ0v) is 13.4. The minimum Gasteiger partial charge on any atom is -0.454 e. The van der Waals surface area contributed by atoms with E-state index in [1.54, 1.807) is 24.3 Å². The largest absolute Gasteiger partial charge is 0.454 e. The van der Waals surface area contributed by atoms with Gasteiger partial charge in [-0.25, -0.2) is 4.39 Å². The number of benzene rings is 2. The van der Waals surface area contributed by atoms with E-state index in [0.29, 0.717) is 17.3 Å². The highest BCUT2D eigenvalue weighted by atomic mass is 19.1. The van der Waals surface area contributed by atoms with Crippen LogP contribution in [0.5, 0.6) is 11.5 Å². The molecule has 26 heavy (non-hydrogen) atoms. The lowest BCUT2D eigenvalue weighted by Crippen LogP contribution is -2.13. The molecule has 1 aromatic heterocycles. The van der Waals surface area contributed by atoms with Gasteiger partial charge in [0.15, 0.2) is 23.1 Å². The fourth-order valence-electron chi connectivity index (χ4n) is 2.41. The first kappa shape index (κ1) is 15.8. The van der Waals surface area contributed by atoms with Crippen LogP contribution in [-0.2, 0) is 0 Å². The molecule has 2 aromatic carbocycles. The van der Waals surface area contributed by atoms with Gasteiger partial charge in [0.1, 0.15) is 5.82 Å². The molecule has 0 aliphatic carbocycles. The van der Waals surface area contributed by atoms with E-state index in [1.807, 2.05) is 6.07 Å². The molecule has 0 radical (unpaired) electrons. The lowest BCUT2D eigenvalue weighted by Gasteiger charge is -2.07. The molecule has 2 heterocycles. The molecule has 0 fully saturated rings. The molecule has 0 spiro atoms. The van der Waals surface area contributed by atoms with Gasteiger partial charge >= 0.3 is 0 Å². The van der Waals surface area contributed by atoms with Crippen LogP contribution in [0.25, 0.3) is 0 Å². The zero-order valence-electron chi connectivity index (χ0n) is 13.4. The fourth-order valence-corrected chi connectivity index (χ4v) is 2.41. The highest BCUT2D eigenvalue weighted by Crippen LogP contribution is 2.34. The lowest BCUT2D eigenvalue weighted by atomic mass is 10.2. The molecule has 0 atom stereocenters. The summed E-state index contributed by atoms with van der Waals surface area (Å²) < 4.78 is 23.8. The SMILES string of the molecule is O=C(Nc1ccc(Nc2ccc3c(c2)OCO3)nn1)c1cccc(F)c1. The standard InChI is InChI=1S/C18H13FN4O3/c19-12-3-1-2-11(8-12)18(24)21-17-7-6-16(22-23-17)20-13-4-5-14-15(9-13)26-10-25-14/h1-9H,10H2,(H,20,22)(H,21,23,24). The van der Waals surface area contributed by atoms with Crippen molar-refractivity contribution in [1.29, 1.82) is 0 Å². The third-order valence-corrected chi connectivity index (χ3v) is 3.64. The number of aromatic nitrogens is 2. The Bertz CT molecular complexity index is 963. The number of anilines is 3. The maximum Gasteiger partial charge on any atom is 0.256 e. The average molecular weight is 352 g/mol. The van der Waals surface area contributed by atoms with Crippen molar-refractivity contribution in [3.63, 3.8) is 0 Å². The molecule has 0 unspecified atom stereocenters.